The predicted octanol–water partition coefficient (Wildman–Crippen LogP) is 4.07. The van der Waals surface area contributed by atoms with Gasteiger partial charge in [-0.1, -0.05) is 42.5 Å². The molecule has 0 aliphatic carbocycles. The smallest absolute Gasteiger partial charge is 0.278 e. The van der Waals surface area contributed by atoms with E-state index < -0.39 is 22.6 Å². The molecule has 0 N–H and O–H groups in total. The van der Waals surface area contributed by atoms with Crippen molar-refractivity contribution in [3.63, 3.8) is 0 Å². The minimum Gasteiger partial charge on any atom is -0.362 e. The maximum Gasteiger partial charge on any atom is 0.278 e. The third kappa shape index (κ3) is 3.73. The molecular formula is C26H20FN3O4. The summed E-state index contributed by atoms with van der Waals surface area (Å²) in [5, 5.41) is 11.1. The lowest BCUT2D eigenvalue weighted by atomic mass is 9.98. The second-order valence-corrected chi connectivity index (χ2v) is 8.26. The summed E-state index contributed by atoms with van der Waals surface area (Å²) in [6, 6.07) is 19.5. The van der Waals surface area contributed by atoms with Crippen molar-refractivity contribution < 1.29 is 18.9 Å². The number of nitro benzene ring substituents is 1. The van der Waals surface area contributed by atoms with Crippen molar-refractivity contribution in [1.82, 2.24) is 9.80 Å². The number of carbonyl (C=O) groups is 2. The van der Waals surface area contributed by atoms with Crippen LogP contribution in [0.1, 0.15) is 22.3 Å². The molecule has 0 fully saturated rings. The van der Waals surface area contributed by atoms with Crippen molar-refractivity contribution in [2.24, 2.45) is 0 Å². The molecule has 0 unspecified atom stereocenters. The van der Waals surface area contributed by atoms with Crippen LogP contribution in [-0.2, 0) is 29.1 Å². The zero-order chi connectivity index (χ0) is 23.8. The number of non-ortho nitro benzene ring substituents is 1. The topological polar surface area (TPSA) is 83.8 Å². The van der Waals surface area contributed by atoms with Gasteiger partial charge in [0.15, 0.2) is 0 Å². The minimum atomic E-state index is -0.545. The highest BCUT2D eigenvalue weighted by molar-refractivity contribution is 6.35. The number of halogens is 1. The molecule has 7 nitrogen and oxygen atoms in total. The van der Waals surface area contributed by atoms with E-state index in [4.69, 9.17) is 0 Å². The van der Waals surface area contributed by atoms with Gasteiger partial charge in [0.25, 0.3) is 17.5 Å². The van der Waals surface area contributed by atoms with Gasteiger partial charge in [0.1, 0.15) is 11.5 Å². The van der Waals surface area contributed by atoms with E-state index in [0.717, 1.165) is 10.5 Å². The van der Waals surface area contributed by atoms with Gasteiger partial charge in [-0.05, 0) is 41.3 Å². The molecule has 0 saturated carbocycles. The van der Waals surface area contributed by atoms with Gasteiger partial charge in [0, 0.05) is 30.8 Å². The molecule has 8 heteroatoms. The van der Waals surface area contributed by atoms with E-state index in [1.165, 1.54) is 42.0 Å². The third-order valence-electron chi connectivity index (χ3n) is 6.24. The first-order valence-corrected chi connectivity index (χ1v) is 10.8. The van der Waals surface area contributed by atoms with Gasteiger partial charge in [-0.15, -0.1) is 0 Å². The number of nitrogens with zero attached hydrogens (tertiary/aromatic N) is 3. The zero-order valence-corrected chi connectivity index (χ0v) is 18.1. The van der Waals surface area contributed by atoms with E-state index in [1.807, 2.05) is 29.2 Å². The van der Waals surface area contributed by atoms with E-state index in [2.05, 4.69) is 0 Å². The highest BCUT2D eigenvalue weighted by Crippen LogP contribution is 2.35. The second-order valence-electron chi connectivity index (χ2n) is 8.26. The summed E-state index contributed by atoms with van der Waals surface area (Å²) in [7, 11) is 0. The van der Waals surface area contributed by atoms with Crippen molar-refractivity contribution in [1.29, 1.82) is 0 Å². The molecule has 170 valence electrons. The molecule has 2 amide bonds. The number of fused-ring (bicyclic) bond motifs is 1. The Morgan fingerprint density at radius 3 is 2.26 bits per heavy atom. The largest absolute Gasteiger partial charge is 0.362 e. The Hall–Kier alpha value is -4.33. The van der Waals surface area contributed by atoms with Crippen LogP contribution in [0.15, 0.2) is 78.5 Å². The molecule has 34 heavy (non-hydrogen) atoms. The Balaban J connectivity index is 1.57. The van der Waals surface area contributed by atoms with Crippen LogP contribution in [0.4, 0.5) is 10.1 Å². The summed E-state index contributed by atoms with van der Waals surface area (Å²) in [6.45, 7) is 0.790. The fourth-order valence-corrected chi connectivity index (χ4v) is 4.49. The molecule has 3 aromatic carbocycles. The highest BCUT2D eigenvalue weighted by atomic mass is 19.1. The SMILES string of the molecule is O=C1C(c2ccc([N+](=O)[O-])cc2)=C(N2CCc3ccccc3C2)C(=O)N1Cc1ccccc1F. The summed E-state index contributed by atoms with van der Waals surface area (Å²) in [5.41, 5.74) is 3.21. The number of carbonyl (C=O) groups excluding carboxylic acids is 2. The Morgan fingerprint density at radius 2 is 1.56 bits per heavy atom. The molecule has 0 aromatic heterocycles. The molecule has 2 aliphatic heterocycles. The minimum absolute atomic E-state index is 0.113. The summed E-state index contributed by atoms with van der Waals surface area (Å²) in [4.78, 5) is 40.6. The monoisotopic (exact) mass is 457 g/mol. The molecule has 5 rings (SSSR count). The standard InChI is InChI=1S/C26H20FN3O4/c27-22-8-4-3-7-20(22)16-29-25(31)23(18-9-11-21(12-10-18)30(33)34)24(26(29)32)28-14-13-17-5-1-2-6-19(17)15-28/h1-12H,13-16H2. The van der Waals surface area contributed by atoms with Gasteiger partial charge in [0.2, 0.25) is 0 Å². The Bertz CT molecular complexity index is 1350. The zero-order valence-electron chi connectivity index (χ0n) is 18.1. The summed E-state index contributed by atoms with van der Waals surface area (Å²) >= 11 is 0. The average Bonchev–Trinajstić information content (AvgIpc) is 3.10. The van der Waals surface area contributed by atoms with Crippen LogP contribution in [0.25, 0.3) is 5.57 Å². The third-order valence-corrected chi connectivity index (χ3v) is 6.24. The first kappa shape index (κ1) is 21.5. The highest BCUT2D eigenvalue weighted by Gasteiger charge is 2.42. The molecule has 0 radical (unpaired) electrons. The van der Waals surface area contributed by atoms with Crippen molar-refractivity contribution in [2.75, 3.05) is 6.54 Å². The van der Waals surface area contributed by atoms with Crippen molar-refractivity contribution in [3.8, 4) is 0 Å². The van der Waals surface area contributed by atoms with Crippen LogP contribution in [-0.4, -0.2) is 33.1 Å². The Labute approximate surface area is 194 Å². The molecule has 0 spiro atoms. The average molecular weight is 457 g/mol. The lowest BCUT2D eigenvalue weighted by Gasteiger charge is -2.31. The molecule has 0 bridgehead atoms. The predicted molar refractivity (Wildman–Crippen MR) is 123 cm³/mol. The van der Waals surface area contributed by atoms with Crippen LogP contribution >= 0.6 is 0 Å². The summed E-state index contributed by atoms with van der Waals surface area (Å²) < 4.78 is 14.3. The maximum absolute atomic E-state index is 14.3. The number of nitro groups is 1. The molecule has 2 aliphatic rings. The van der Waals surface area contributed by atoms with Gasteiger partial charge >= 0.3 is 0 Å². The number of rotatable bonds is 5. The van der Waals surface area contributed by atoms with Crippen molar-refractivity contribution in [2.45, 2.75) is 19.5 Å². The number of imide groups is 1. The van der Waals surface area contributed by atoms with E-state index in [0.29, 0.717) is 25.1 Å². The molecule has 2 heterocycles. The maximum atomic E-state index is 14.3. The van der Waals surface area contributed by atoms with Gasteiger partial charge in [-0.3, -0.25) is 24.6 Å². The fourth-order valence-electron chi connectivity index (χ4n) is 4.49. The molecule has 0 saturated heterocycles. The second kappa shape index (κ2) is 8.55. The van der Waals surface area contributed by atoms with Crippen LogP contribution in [0.2, 0.25) is 0 Å². The van der Waals surface area contributed by atoms with Crippen LogP contribution in [0.3, 0.4) is 0 Å². The summed E-state index contributed by atoms with van der Waals surface area (Å²) in [6.07, 6.45) is 0.710. The fraction of sp³-hybridized carbons (Fsp3) is 0.154. The van der Waals surface area contributed by atoms with Crippen LogP contribution in [0, 0.1) is 15.9 Å². The number of amides is 2. The van der Waals surface area contributed by atoms with E-state index in [-0.39, 0.29) is 29.1 Å². The van der Waals surface area contributed by atoms with Gasteiger partial charge in [-0.2, -0.15) is 0 Å². The van der Waals surface area contributed by atoms with Gasteiger partial charge in [0.05, 0.1) is 17.0 Å². The van der Waals surface area contributed by atoms with Crippen LogP contribution in [0.5, 0.6) is 0 Å². The lowest BCUT2D eigenvalue weighted by molar-refractivity contribution is -0.384. The van der Waals surface area contributed by atoms with Crippen LogP contribution < -0.4 is 0 Å². The van der Waals surface area contributed by atoms with E-state index in [1.54, 1.807) is 12.1 Å². The Morgan fingerprint density at radius 1 is 0.882 bits per heavy atom. The quantitative estimate of drug-likeness (QED) is 0.328. The summed E-state index contributed by atoms with van der Waals surface area (Å²) in [5.74, 6) is -1.54. The van der Waals surface area contributed by atoms with E-state index >= 15 is 0 Å². The lowest BCUT2D eigenvalue weighted by Crippen LogP contribution is -2.37. The molecular weight excluding hydrogens is 437 g/mol. The van der Waals surface area contributed by atoms with E-state index in [9.17, 15) is 24.1 Å². The van der Waals surface area contributed by atoms with Gasteiger partial charge in [-0.25, -0.2) is 4.39 Å². The number of hydrogen-bond acceptors (Lipinski definition) is 5. The molecule has 3 aromatic rings. The number of benzene rings is 3. The normalized spacial score (nSPS) is 15.7. The van der Waals surface area contributed by atoms with Gasteiger partial charge < -0.3 is 4.90 Å². The number of hydrogen-bond donors (Lipinski definition) is 0. The first-order valence-electron chi connectivity index (χ1n) is 10.8. The first-order chi connectivity index (χ1) is 16.4. The van der Waals surface area contributed by atoms with Crippen molar-refractivity contribution in [3.05, 3.63) is 117 Å². The molecule has 0 atom stereocenters. The van der Waals surface area contributed by atoms with Crippen molar-refractivity contribution >= 4 is 23.1 Å². The Kier molecular flexibility index (Phi) is 5.41.